The van der Waals surface area contributed by atoms with Gasteiger partial charge < -0.3 is 4.90 Å². The number of anilines is 3. The molecule has 0 aromatic heterocycles. The number of hydrogen-bond donors (Lipinski definition) is 0. The lowest BCUT2D eigenvalue weighted by molar-refractivity contribution is 1.28. The van der Waals surface area contributed by atoms with Gasteiger partial charge in [0.15, 0.2) is 0 Å². The zero-order valence-corrected chi connectivity index (χ0v) is 28.7. The molecule has 0 aliphatic carbocycles. The highest BCUT2D eigenvalue weighted by Crippen LogP contribution is 2.42. The molecule has 0 radical (unpaired) electrons. The average Bonchev–Trinajstić information content (AvgIpc) is 3.30. The first-order valence-electron chi connectivity index (χ1n) is 21.5. The first kappa shape index (κ1) is 24.3. The maximum absolute atomic E-state index is 9.63. The number of fused-ring (bicyclic) bond motifs is 1. The third kappa shape index (κ3) is 6.53. The molecule has 0 saturated carbocycles. The number of nitrogens with zero attached hydrogens (tertiary/aromatic N) is 1. The van der Waals surface area contributed by atoms with Gasteiger partial charge in [0, 0.05) is 16.9 Å². The summed E-state index contributed by atoms with van der Waals surface area (Å²) in [6, 6.07) is 52.4. The predicted molar refractivity (Wildman–Crippen MR) is 226 cm³/mol. The summed E-state index contributed by atoms with van der Waals surface area (Å²) in [4.78, 5) is 1.38. The Labute approximate surface area is 323 Å². The largest absolute Gasteiger partial charge is 0.310 e. The minimum Gasteiger partial charge on any atom is -0.310 e. The molecule has 9 aromatic carbocycles. The van der Waals surface area contributed by atoms with E-state index in [2.05, 4.69) is 0 Å². The lowest BCUT2D eigenvalue weighted by Crippen LogP contribution is -2.11. The molecule has 0 saturated heterocycles. The van der Waals surface area contributed by atoms with Crippen molar-refractivity contribution in [3.05, 3.63) is 224 Å². The normalized spacial score (nSPS) is 13.1. The summed E-state index contributed by atoms with van der Waals surface area (Å²) in [6.07, 6.45) is 0. The Hall–Kier alpha value is -6.96. The number of para-hydroxylation sites is 1. The highest BCUT2D eigenvalue weighted by atomic mass is 15.1. The molecule has 0 aliphatic heterocycles. The van der Waals surface area contributed by atoms with Crippen molar-refractivity contribution in [3.8, 4) is 55.6 Å². The molecule has 1 heteroatoms. The summed E-state index contributed by atoms with van der Waals surface area (Å²) >= 11 is 0. The second kappa shape index (κ2) is 14.3. The standard InChI is InChI=1S/C52H37N/c1-3-14-38(15-4-1)43-20-11-21-44(36-43)39-28-32-47(33-29-39)53(52-27-10-9-25-51(52)42-16-5-2-6-17-42)48-34-30-40(31-35-48)45-22-12-23-46(37-45)50-26-13-19-41-18-7-8-24-49(41)50/h1-37H/i28D,29D,30D,31D,32D,33D,34D,35D. The molecule has 0 N–H and O–H groups in total. The third-order valence-electron chi connectivity index (χ3n) is 9.41. The number of benzene rings is 9. The van der Waals surface area contributed by atoms with Crippen molar-refractivity contribution in [1.82, 2.24) is 0 Å². The zero-order valence-electron chi connectivity index (χ0n) is 36.7. The molecule has 0 spiro atoms. The van der Waals surface area contributed by atoms with E-state index in [0.29, 0.717) is 22.4 Å². The van der Waals surface area contributed by atoms with E-state index in [1.165, 1.54) is 4.90 Å². The fraction of sp³-hybridized carbons (Fsp3) is 0. The lowest BCUT2D eigenvalue weighted by Gasteiger charge is -2.28. The fourth-order valence-electron chi connectivity index (χ4n) is 6.81. The van der Waals surface area contributed by atoms with E-state index in [4.69, 9.17) is 0 Å². The van der Waals surface area contributed by atoms with E-state index in [1.807, 2.05) is 152 Å². The quantitative estimate of drug-likeness (QED) is 0.154. The second-order valence-electron chi connectivity index (χ2n) is 12.7. The molecule has 53 heavy (non-hydrogen) atoms. The Bertz CT molecular complexity index is 3070. The van der Waals surface area contributed by atoms with Gasteiger partial charge >= 0.3 is 0 Å². The van der Waals surface area contributed by atoms with E-state index in [9.17, 15) is 11.0 Å². The van der Waals surface area contributed by atoms with Gasteiger partial charge in [0.1, 0.15) is 0 Å². The van der Waals surface area contributed by atoms with E-state index < -0.39 is 24.2 Å². The minimum absolute atomic E-state index is 0.102. The molecule has 0 bridgehead atoms. The zero-order chi connectivity index (χ0) is 42.4. The smallest absolute Gasteiger partial charge is 0.0645 e. The summed E-state index contributed by atoms with van der Waals surface area (Å²) in [5.74, 6) is 0. The van der Waals surface area contributed by atoms with E-state index in [1.54, 1.807) is 24.3 Å². The first-order chi connectivity index (χ1) is 29.6. The molecular weight excluding hydrogens is 639 g/mol. The van der Waals surface area contributed by atoms with Crippen LogP contribution in [0.15, 0.2) is 224 Å². The van der Waals surface area contributed by atoms with Crippen molar-refractivity contribution in [2.45, 2.75) is 0 Å². The molecule has 0 aliphatic rings. The van der Waals surface area contributed by atoms with Gasteiger partial charge in [-0.25, -0.2) is 0 Å². The summed E-state index contributed by atoms with van der Waals surface area (Å²) in [7, 11) is 0. The van der Waals surface area contributed by atoms with E-state index in [-0.39, 0.29) is 46.7 Å². The van der Waals surface area contributed by atoms with Gasteiger partial charge in [0.2, 0.25) is 0 Å². The van der Waals surface area contributed by atoms with E-state index in [0.717, 1.165) is 38.6 Å². The number of rotatable bonds is 8. The molecule has 0 heterocycles. The van der Waals surface area contributed by atoms with Crippen molar-refractivity contribution in [1.29, 1.82) is 0 Å². The van der Waals surface area contributed by atoms with Crippen LogP contribution in [-0.2, 0) is 0 Å². The van der Waals surface area contributed by atoms with Gasteiger partial charge in [-0.1, -0.05) is 182 Å². The van der Waals surface area contributed by atoms with Crippen LogP contribution < -0.4 is 4.90 Å². The van der Waals surface area contributed by atoms with Gasteiger partial charge in [0.05, 0.1) is 16.7 Å². The van der Waals surface area contributed by atoms with Crippen LogP contribution in [0, 0.1) is 0 Å². The topological polar surface area (TPSA) is 3.24 Å². The highest BCUT2D eigenvalue weighted by Gasteiger charge is 2.18. The van der Waals surface area contributed by atoms with Crippen molar-refractivity contribution in [3.63, 3.8) is 0 Å². The van der Waals surface area contributed by atoms with Gasteiger partial charge in [-0.15, -0.1) is 0 Å². The Balaban J connectivity index is 1.27. The van der Waals surface area contributed by atoms with E-state index >= 15 is 0 Å². The summed E-state index contributed by atoms with van der Waals surface area (Å²) in [5, 5.41) is 2.11. The first-order valence-corrected chi connectivity index (χ1v) is 17.5. The SMILES string of the molecule is [2H]c1c([2H])c(N(c2ccccc2-c2ccccc2)c2c([2H])c([2H])c(-c3cccc(-c4cccc5ccccc45)c3)c([2H])c2[2H])c([2H])c([2H])c1-c1cccc(-c2ccccc2)c1. The molecule has 0 amide bonds. The van der Waals surface area contributed by atoms with Crippen molar-refractivity contribution in [2.24, 2.45) is 0 Å². The highest BCUT2D eigenvalue weighted by molar-refractivity contribution is 5.97. The van der Waals surface area contributed by atoms with Crippen LogP contribution in [0.5, 0.6) is 0 Å². The molecule has 0 fully saturated rings. The van der Waals surface area contributed by atoms with Crippen molar-refractivity contribution < 1.29 is 11.0 Å². The van der Waals surface area contributed by atoms with Gasteiger partial charge in [-0.2, -0.15) is 0 Å². The van der Waals surface area contributed by atoms with Crippen molar-refractivity contribution in [2.75, 3.05) is 4.90 Å². The monoisotopic (exact) mass is 683 g/mol. The molecular formula is C52H37N. The lowest BCUT2D eigenvalue weighted by atomic mass is 9.95. The summed E-state index contributed by atoms with van der Waals surface area (Å²) in [6.45, 7) is 0. The van der Waals surface area contributed by atoms with Crippen LogP contribution in [-0.4, -0.2) is 0 Å². The second-order valence-corrected chi connectivity index (χ2v) is 12.7. The van der Waals surface area contributed by atoms with Gasteiger partial charge in [0.25, 0.3) is 0 Å². The third-order valence-corrected chi connectivity index (χ3v) is 9.41. The van der Waals surface area contributed by atoms with Crippen LogP contribution in [0.2, 0.25) is 0 Å². The van der Waals surface area contributed by atoms with Crippen LogP contribution >= 0.6 is 0 Å². The molecule has 0 atom stereocenters. The Morgan fingerprint density at radius 3 is 1.40 bits per heavy atom. The maximum Gasteiger partial charge on any atom is 0.0645 e. The van der Waals surface area contributed by atoms with Crippen LogP contribution in [0.3, 0.4) is 0 Å². The Kier molecular flexibility index (Phi) is 6.57. The Morgan fingerprint density at radius 2 is 0.736 bits per heavy atom. The predicted octanol–water partition coefficient (Wildman–Crippen LogP) is 14.6. The Morgan fingerprint density at radius 1 is 0.302 bits per heavy atom. The van der Waals surface area contributed by atoms with Gasteiger partial charge in [-0.05, 0) is 103 Å². The van der Waals surface area contributed by atoms with Crippen LogP contribution in [0.4, 0.5) is 17.1 Å². The minimum atomic E-state index is -0.397. The molecule has 9 rings (SSSR count). The fourth-order valence-corrected chi connectivity index (χ4v) is 6.81. The number of hydrogen-bond acceptors (Lipinski definition) is 1. The molecule has 9 aromatic rings. The average molecular weight is 684 g/mol. The molecule has 1 nitrogen and oxygen atoms in total. The van der Waals surface area contributed by atoms with Crippen LogP contribution in [0.25, 0.3) is 66.4 Å². The summed E-state index contributed by atoms with van der Waals surface area (Å²) < 4.78 is 76.3. The van der Waals surface area contributed by atoms with Crippen molar-refractivity contribution >= 4 is 27.8 Å². The molecule has 0 unspecified atom stereocenters. The maximum atomic E-state index is 9.63. The summed E-state index contributed by atoms with van der Waals surface area (Å²) in [5.41, 5.74) is 6.17. The van der Waals surface area contributed by atoms with Gasteiger partial charge in [-0.3, -0.25) is 0 Å². The molecule has 250 valence electrons. The van der Waals surface area contributed by atoms with Crippen LogP contribution in [0.1, 0.15) is 11.0 Å².